The van der Waals surface area contributed by atoms with Gasteiger partial charge in [0.15, 0.2) is 0 Å². The SMILES string of the molecule is Cc1ccc(C2=CC3CC=CC=C3C=C2)cc1. The Kier molecular flexibility index (Phi) is 2.56. The smallest absolute Gasteiger partial charge is 0.00617 e. The first-order chi connectivity index (χ1) is 8.33. The van der Waals surface area contributed by atoms with E-state index in [4.69, 9.17) is 0 Å². The molecule has 0 aliphatic heterocycles. The molecule has 1 unspecified atom stereocenters. The summed E-state index contributed by atoms with van der Waals surface area (Å²) in [4.78, 5) is 0. The first-order valence-electron chi connectivity index (χ1n) is 6.16. The Labute approximate surface area is 103 Å². The number of aryl methyl sites for hydroxylation is 1. The van der Waals surface area contributed by atoms with E-state index in [0.29, 0.717) is 5.92 Å². The van der Waals surface area contributed by atoms with E-state index in [1.54, 1.807) is 0 Å². The Morgan fingerprint density at radius 2 is 1.88 bits per heavy atom. The highest BCUT2D eigenvalue weighted by Gasteiger charge is 2.15. The van der Waals surface area contributed by atoms with Crippen LogP contribution < -0.4 is 0 Å². The van der Waals surface area contributed by atoms with Crippen LogP contribution >= 0.6 is 0 Å². The number of benzene rings is 1. The molecule has 1 aromatic rings. The molecule has 2 aliphatic rings. The Morgan fingerprint density at radius 1 is 1.06 bits per heavy atom. The number of rotatable bonds is 1. The minimum Gasteiger partial charge on any atom is -0.0836 e. The van der Waals surface area contributed by atoms with E-state index >= 15 is 0 Å². The fraction of sp³-hybridized carbons (Fsp3) is 0.176. The fourth-order valence-corrected chi connectivity index (χ4v) is 2.40. The summed E-state index contributed by atoms with van der Waals surface area (Å²) in [5.74, 6) is 0.571. The second-order valence-corrected chi connectivity index (χ2v) is 4.76. The lowest BCUT2D eigenvalue weighted by Gasteiger charge is -2.21. The summed E-state index contributed by atoms with van der Waals surface area (Å²) < 4.78 is 0. The monoisotopic (exact) mass is 220 g/mol. The third kappa shape index (κ3) is 2.03. The van der Waals surface area contributed by atoms with E-state index in [-0.39, 0.29) is 0 Å². The Morgan fingerprint density at radius 3 is 2.71 bits per heavy atom. The number of hydrogen-bond donors (Lipinski definition) is 0. The van der Waals surface area contributed by atoms with Crippen LogP contribution in [-0.4, -0.2) is 0 Å². The van der Waals surface area contributed by atoms with E-state index in [1.165, 1.54) is 22.3 Å². The van der Waals surface area contributed by atoms with Gasteiger partial charge in [-0.1, -0.05) is 66.3 Å². The predicted octanol–water partition coefficient (Wildman–Crippen LogP) is 4.45. The van der Waals surface area contributed by atoms with Gasteiger partial charge in [-0.25, -0.2) is 0 Å². The van der Waals surface area contributed by atoms with Gasteiger partial charge in [-0.05, 0) is 30.1 Å². The first-order valence-corrected chi connectivity index (χ1v) is 6.16. The van der Waals surface area contributed by atoms with Gasteiger partial charge < -0.3 is 0 Å². The van der Waals surface area contributed by atoms with E-state index < -0.39 is 0 Å². The predicted molar refractivity (Wildman–Crippen MR) is 73.6 cm³/mol. The zero-order valence-electron chi connectivity index (χ0n) is 10.1. The van der Waals surface area contributed by atoms with Crippen LogP contribution in [0.2, 0.25) is 0 Å². The summed E-state index contributed by atoms with van der Waals surface area (Å²) >= 11 is 0. The van der Waals surface area contributed by atoms with Gasteiger partial charge in [0.2, 0.25) is 0 Å². The Balaban J connectivity index is 1.94. The van der Waals surface area contributed by atoms with Crippen molar-refractivity contribution >= 4 is 5.57 Å². The zero-order valence-corrected chi connectivity index (χ0v) is 10.1. The summed E-state index contributed by atoms with van der Waals surface area (Å²) in [7, 11) is 0. The van der Waals surface area contributed by atoms with E-state index in [1.807, 2.05) is 0 Å². The van der Waals surface area contributed by atoms with Crippen LogP contribution in [-0.2, 0) is 0 Å². The highest BCUT2D eigenvalue weighted by molar-refractivity contribution is 5.77. The molecule has 0 heteroatoms. The average molecular weight is 220 g/mol. The molecule has 0 nitrogen and oxygen atoms in total. The summed E-state index contributed by atoms with van der Waals surface area (Å²) in [5, 5.41) is 0. The maximum Gasteiger partial charge on any atom is 0.00617 e. The number of fused-ring (bicyclic) bond motifs is 1. The summed E-state index contributed by atoms with van der Waals surface area (Å²) in [5.41, 5.74) is 5.42. The molecule has 0 N–H and O–H groups in total. The number of hydrogen-bond acceptors (Lipinski definition) is 0. The van der Waals surface area contributed by atoms with Crippen molar-refractivity contribution < 1.29 is 0 Å². The summed E-state index contributed by atoms with van der Waals surface area (Å²) in [6.45, 7) is 2.13. The molecule has 0 saturated heterocycles. The molecule has 84 valence electrons. The normalized spacial score (nSPS) is 21.8. The minimum atomic E-state index is 0.571. The van der Waals surface area contributed by atoms with Gasteiger partial charge in [-0.2, -0.15) is 0 Å². The molecule has 0 fully saturated rings. The third-order valence-electron chi connectivity index (χ3n) is 3.46. The minimum absolute atomic E-state index is 0.571. The molecule has 0 heterocycles. The average Bonchev–Trinajstić information content (AvgIpc) is 2.39. The molecule has 0 radical (unpaired) electrons. The molecule has 0 saturated carbocycles. The van der Waals surface area contributed by atoms with E-state index in [2.05, 4.69) is 67.6 Å². The molecule has 0 amide bonds. The molecule has 17 heavy (non-hydrogen) atoms. The standard InChI is InChI=1S/C17H16/c1-13-6-8-15(9-7-13)17-11-10-14-4-2-3-5-16(14)12-17/h2-4,6-12,16H,5H2,1H3. The van der Waals surface area contributed by atoms with Gasteiger partial charge in [0.1, 0.15) is 0 Å². The van der Waals surface area contributed by atoms with Crippen molar-refractivity contribution in [3.8, 4) is 0 Å². The van der Waals surface area contributed by atoms with Crippen molar-refractivity contribution in [2.24, 2.45) is 5.92 Å². The van der Waals surface area contributed by atoms with Gasteiger partial charge >= 0.3 is 0 Å². The lowest BCUT2D eigenvalue weighted by atomic mass is 9.84. The van der Waals surface area contributed by atoms with Crippen molar-refractivity contribution in [3.63, 3.8) is 0 Å². The van der Waals surface area contributed by atoms with Gasteiger partial charge in [0.25, 0.3) is 0 Å². The molecule has 0 bridgehead atoms. The summed E-state index contributed by atoms with van der Waals surface area (Å²) in [6.07, 6.45) is 14.6. The van der Waals surface area contributed by atoms with Crippen molar-refractivity contribution in [1.29, 1.82) is 0 Å². The molecule has 0 spiro atoms. The van der Waals surface area contributed by atoms with Gasteiger partial charge in [-0.15, -0.1) is 0 Å². The molecule has 1 aromatic carbocycles. The molecule has 2 aliphatic carbocycles. The molecule has 1 atom stereocenters. The van der Waals surface area contributed by atoms with Crippen molar-refractivity contribution in [3.05, 3.63) is 77.4 Å². The van der Waals surface area contributed by atoms with Crippen LogP contribution in [0.15, 0.2) is 66.3 Å². The lowest BCUT2D eigenvalue weighted by Crippen LogP contribution is -2.05. The summed E-state index contributed by atoms with van der Waals surface area (Å²) in [6, 6.07) is 8.77. The zero-order chi connectivity index (χ0) is 11.7. The third-order valence-corrected chi connectivity index (χ3v) is 3.46. The van der Waals surface area contributed by atoms with Gasteiger partial charge in [0.05, 0.1) is 0 Å². The van der Waals surface area contributed by atoms with Crippen LogP contribution in [0.5, 0.6) is 0 Å². The molecular formula is C17H16. The first kappa shape index (κ1) is 10.3. The van der Waals surface area contributed by atoms with Gasteiger partial charge in [-0.3, -0.25) is 0 Å². The lowest BCUT2D eigenvalue weighted by molar-refractivity contribution is 0.782. The molecule has 0 aromatic heterocycles. The van der Waals surface area contributed by atoms with Gasteiger partial charge in [0, 0.05) is 5.92 Å². The van der Waals surface area contributed by atoms with E-state index in [9.17, 15) is 0 Å². The Bertz CT molecular complexity index is 536. The maximum atomic E-state index is 2.39. The largest absolute Gasteiger partial charge is 0.0836 e. The van der Waals surface area contributed by atoms with Crippen molar-refractivity contribution in [1.82, 2.24) is 0 Å². The van der Waals surface area contributed by atoms with Crippen LogP contribution in [0.25, 0.3) is 5.57 Å². The highest BCUT2D eigenvalue weighted by Crippen LogP contribution is 2.32. The second-order valence-electron chi connectivity index (χ2n) is 4.76. The molecular weight excluding hydrogens is 204 g/mol. The highest BCUT2D eigenvalue weighted by atomic mass is 14.2. The van der Waals surface area contributed by atoms with Crippen molar-refractivity contribution in [2.45, 2.75) is 13.3 Å². The van der Waals surface area contributed by atoms with Crippen LogP contribution in [0.3, 0.4) is 0 Å². The number of allylic oxidation sites excluding steroid dienone is 8. The van der Waals surface area contributed by atoms with Crippen LogP contribution in [0.1, 0.15) is 17.5 Å². The maximum absolute atomic E-state index is 2.39. The van der Waals surface area contributed by atoms with Crippen LogP contribution in [0, 0.1) is 12.8 Å². The topological polar surface area (TPSA) is 0 Å². The van der Waals surface area contributed by atoms with Crippen LogP contribution in [0.4, 0.5) is 0 Å². The molecule has 3 rings (SSSR count). The fourth-order valence-electron chi connectivity index (χ4n) is 2.40. The second kappa shape index (κ2) is 4.21. The Hall–Kier alpha value is -1.82. The quantitative estimate of drug-likeness (QED) is 0.656. The van der Waals surface area contributed by atoms with E-state index in [0.717, 1.165) is 6.42 Å². The van der Waals surface area contributed by atoms with Crippen molar-refractivity contribution in [2.75, 3.05) is 0 Å².